The molecule has 0 aliphatic carbocycles. The number of nitrogens with two attached hydrogens (primary N) is 1. The van der Waals surface area contributed by atoms with Crippen LogP contribution in [0.15, 0.2) is 18.2 Å². The molecule has 1 aromatic carbocycles. The molecule has 1 spiro atoms. The van der Waals surface area contributed by atoms with Gasteiger partial charge in [-0.05, 0) is 12.5 Å². The fourth-order valence-corrected chi connectivity index (χ4v) is 3.35. The molecule has 0 bridgehead atoms. The zero-order chi connectivity index (χ0) is 14.2. The Bertz CT molecular complexity index is 491. The Kier molecular flexibility index (Phi) is 3.61. The quantitative estimate of drug-likeness (QED) is 0.903. The van der Waals surface area contributed by atoms with Crippen LogP contribution in [0.3, 0.4) is 0 Å². The lowest BCUT2D eigenvalue weighted by molar-refractivity contribution is -0.102. The van der Waals surface area contributed by atoms with Gasteiger partial charge < -0.3 is 19.9 Å². The molecule has 2 heterocycles. The van der Waals surface area contributed by atoms with E-state index >= 15 is 0 Å². The minimum atomic E-state index is -0.169. The number of hydrogen-bond acceptors (Lipinski definition) is 4. The van der Waals surface area contributed by atoms with E-state index in [0.29, 0.717) is 0 Å². The standard InChI is InChI=1S/C16H23NO3/c1-3-11-9-16(6-7-19-11)10-14(17)13-5-4-12(18-2)8-15(13)20-16/h4-5,8,11,14H,3,6-7,9-10,17H2,1-2H3/t11?,14-,16?/m0/s1. The maximum Gasteiger partial charge on any atom is 0.128 e. The van der Waals surface area contributed by atoms with Crippen LogP contribution in [0.5, 0.6) is 11.5 Å². The number of rotatable bonds is 2. The summed E-state index contributed by atoms with van der Waals surface area (Å²) in [6, 6.07) is 5.94. The molecule has 3 rings (SSSR count). The van der Waals surface area contributed by atoms with Gasteiger partial charge in [0.05, 0.1) is 19.8 Å². The van der Waals surface area contributed by atoms with Crippen molar-refractivity contribution in [1.82, 2.24) is 0 Å². The molecule has 1 aromatic rings. The zero-order valence-electron chi connectivity index (χ0n) is 12.2. The highest BCUT2D eigenvalue weighted by Crippen LogP contribution is 2.45. The van der Waals surface area contributed by atoms with E-state index in [1.807, 2.05) is 18.2 Å². The average Bonchev–Trinajstić information content (AvgIpc) is 2.46. The molecule has 2 unspecified atom stereocenters. The lowest BCUT2D eigenvalue weighted by Crippen LogP contribution is -2.49. The molecule has 20 heavy (non-hydrogen) atoms. The summed E-state index contributed by atoms with van der Waals surface area (Å²) < 4.78 is 17.4. The van der Waals surface area contributed by atoms with E-state index in [0.717, 1.165) is 49.4 Å². The van der Waals surface area contributed by atoms with Crippen molar-refractivity contribution in [3.63, 3.8) is 0 Å². The van der Waals surface area contributed by atoms with Crippen LogP contribution >= 0.6 is 0 Å². The number of fused-ring (bicyclic) bond motifs is 1. The van der Waals surface area contributed by atoms with Gasteiger partial charge in [0.25, 0.3) is 0 Å². The van der Waals surface area contributed by atoms with Crippen LogP contribution in [0, 0.1) is 0 Å². The summed E-state index contributed by atoms with van der Waals surface area (Å²) in [5, 5.41) is 0. The van der Waals surface area contributed by atoms with Gasteiger partial charge in [0.2, 0.25) is 0 Å². The number of ether oxygens (including phenoxy) is 3. The Balaban J connectivity index is 1.90. The summed E-state index contributed by atoms with van der Waals surface area (Å²) >= 11 is 0. The molecule has 0 amide bonds. The van der Waals surface area contributed by atoms with E-state index in [4.69, 9.17) is 19.9 Å². The third-order valence-corrected chi connectivity index (χ3v) is 4.50. The van der Waals surface area contributed by atoms with E-state index in [1.165, 1.54) is 0 Å². The first-order chi connectivity index (χ1) is 9.65. The third-order valence-electron chi connectivity index (χ3n) is 4.50. The van der Waals surface area contributed by atoms with E-state index in [2.05, 4.69) is 6.92 Å². The lowest BCUT2D eigenvalue weighted by Gasteiger charge is -2.45. The van der Waals surface area contributed by atoms with Crippen molar-refractivity contribution in [3.05, 3.63) is 23.8 Å². The maximum absolute atomic E-state index is 6.37. The minimum Gasteiger partial charge on any atom is -0.497 e. The fourth-order valence-electron chi connectivity index (χ4n) is 3.35. The molecule has 0 radical (unpaired) electrons. The van der Waals surface area contributed by atoms with Crippen LogP contribution in [0.4, 0.5) is 0 Å². The molecule has 2 aliphatic rings. The highest BCUT2D eigenvalue weighted by Gasteiger charge is 2.43. The van der Waals surface area contributed by atoms with Crippen LogP contribution in [0.25, 0.3) is 0 Å². The number of methoxy groups -OCH3 is 1. The van der Waals surface area contributed by atoms with Crippen molar-refractivity contribution in [3.8, 4) is 11.5 Å². The van der Waals surface area contributed by atoms with Gasteiger partial charge in [0.1, 0.15) is 17.1 Å². The molecule has 1 saturated heterocycles. The molecular formula is C16H23NO3. The molecule has 110 valence electrons. The molecule has 3 atom stereocenters. The van der Waals surface area contributed by atoms with Crippen molar-refractivity contribution in [1.29, 1.82) is 0 Å². The maximum atomic E-state index is 6.37. The van der Waals surface area contributed by atoms with Crippen molar-refractivity contribution >= 4 is 0 Å². The number of benzene rings is 1. The number of hydrogen-bond donors (Lipinski definition) is 1. The third kappa shape index (κ3) is 2.38. The highest BCUT2D eigenvalue weighted by atomic mass is 16.5. The Morgan fingerprint density at radius 3 is 3.00 bits per heavy atom. The monoisotopic (exact) mass is 277 g/mol. The first kappa shape index (κ1) is 13.7. The SMILES string of the molecule is CCC1CC2(CCO1)C[C@H](N)c1ccc(OC)cc1O2. The van der Waals surface area contributed by atoms with Gasteiger partial charge in [-0.15, -0.1) is 0 Å². The molecule has 4 nitrogen and oxygen atoms in total. The van der Waals surface area contributed by atoms with Crippen molar-refractivity contribution in [2.45, 2.75) is 50.4 Å². The first-order valence-corrected chi connectivity index (χ1v) is 7.40. The molecule has 0 saturated carbocycles. The normalized spacial score (nSPS) is 32.5. The Morgan fingerprint density at radius 2 is 2.25 bits per heavy atom. The first-order valence-electron chi connectivity index (χ1n) is 7.40. The van der Waals surface area contributed by atoms with Gasteiger partial charge in [-0.1, -0.05) is 13.0 Å². The van der Waals surface area contributed by atoms with Crippen LogP contribution < -0.4 is 15.2 Å². The topological polar surface area (TPSA) is 53.7 Å². The van der Waals surface area contributed by atoms with Crippen LogP contribution in [0.1, 0.15) is 44.2 Å². The average molecular weight is 277 g/mol. The fraction of sp³-hybridized carbons (Fsp3) is 0.625. The lowest BCUT2D eigenvalue weighted by atomic mass is 9.80. The summed E-state index contributed by atoms with van der Waals surface area (Å²) in [4.78, 5) is 0. The second kappa shape index (κ2) is 5.26. The minimum absolute atomic E-state index is 0.0280. The van der Waals surface area contributed by atoms with Crippen molar-refractivity contribution in [2.75, 3.05) is 13.7 Å². The van der Waals surface area contributed by atoms with Crippen LogP contribution in [0.2, 0.25) is 0 Å². The molecule has 0 aromatic heterocycles. The predicted molar refractivity (Wildman–Crippen MR) is 77.2 cm³/mol. The van der Waals surface area contributed by atoms with Gasteiger partial charge in [-0.3, -0.25) is 0 Å². The van der Waals surface area contributed by atoms with Crippen LogP contribution in [-0.4, -0.2) is 25.4 Å². The predicted octanol–water partition coefficient (Wildman–Crippen LogP) is 2.81. The summed E-state index contributed by atoms with van der Waals surface area (Å²) in [6.45, 7) is 2.91. The summed E-state index contributed by atoms with van der Waals surface area (Å²) in [6.07, 6.45) is 4.00. The van der Waals surface area contributed by atoms with E-state index in [-0.39, 0.29) is 17.7 Å². The summed E-state index contributed by atoms with van der Waals surface area (Å²) in [5.41, 5.74) is 7.28. The molecule has 4 heteroatoms. The molecular weight excluding hydrogens is 254 g/mol. The van der Waals surface area contributed by atoms with Gasteiger partial charge in [-0.25, -0.2) is 0 Å². The summed E-state index contributed by atoms with van der Waals surface area (Å²) in [5.74, 6) is 1.69. The Hall–Kier alpha value is -1.26. The van der Waals surface area contributed by atoms with Gasteiger partial charge in [0.15, 0.2) is 0 Å². The Morgan fingerprint density at radius 1 is 1.40 bits per heavy atom. The zero-order valence-corrected chi connectivity index (χ0v) is 12.2. The largest absolute Gasteiger partial charge is 0.497 e. The molecule has 2 N–H and O–H groups in total. The Labute approximate surface area is 120 Å². The van der Waals surface area contributed by atoms with Gasteiger partial charge >= 0.3 is 0 Å². The smallest absolute Gasteiger partial charge is 0.128 e. The summed E-state index contributed by atoms with van der Waals surface area (Å²) in [7, 11) is 1.67. The molecule has 1 fully saturated rings. The second-order valence-electron chi connectivity index (χ2n) is 5.85. The van der Waals surface area contributed by atoms with Crippen molar-refractivity contribution in [2.24, 2.45) is 5.73 Å². The van der Waals surface area contributed by atoms with Gasteiger partial charge in [0, 0.05) is 36.9 Å². The van der Waals surface area contributed by atoms with E-state index < -0.39 is 0 Å². The highest BCUT2D eigenvalue weighted by molar-refractivity contribution is 5.44. The molecule has 2 aliphatic heterocycles. The van der Waals surface area contributed by atoms with Crippen LogP contribution in [-0.2, 0) is 4.74 Å². The van der Waals surface area contributed by atoms with Crippen molar-refractivity contribution < 1.29 is 14.2 Å². The van der Waals surface area contributed by atoms with E-state index in [1.54, 1.807) is 7.11 Å². The van der Waals surface area contributed by atoms with Gasteiger partial charge in [-0.2, -0.15) is 0 Å². The second-order valence-corrected chi connectivity index (χ2v) is 5.85. The van der Waals surface area contributed by atoms with E-state index in [9.17, 15) is 0 Å².